The van der Waals surface area contributed by atoms with Gasteiger partial charge in [0.2, 0.25) is 0 Å². The van der Waals surface area contributed by atoms with Gasteiger partial charge < -0.3 is 16.2 Å². The highest BCUT2D eigenvalue weighted by Crippen LogP contribution is 2.24. The Bertz CT molecular complexity index is 861. The van der Waals surface area contributed by atoms with Gasteiger partial charge in [-0.25, -0.2) is 9.67 Å². The highest BCUT2D eigenvalue weighted by Gasteiger charge is 2.18. The van der Waals surface area contributed by atoms with E-state index in [0.717, 1.165) is 0 Å². The van der Waals surface area contributed by atoms with Crippen molar-refractivity contribution >= 4 is 29.1 Å². The Hall–Kier alpha value is -3.06. The van der Waals surface area contributed by atoms with Crippen molar-refractivity contribution in [3.63, 3.8) is 0 Å². The molecule has 0 radical (unpaired) electrons. The van der Waals surface area contributed by atoms with Gasteiger partial charge in [-0.05, 0) is 24.3 Å². The summed E-state index contributed by atoms with van der Waals surface area (Å²) in [5.41, 5.74) is 6.52. The van der Waals surface area contributed by atoms with Crippen LogP contribution < -0.4 is 11.1 Å². The van der Waals surface area contributed by atoms with Crippen LogP contribution in [0, 0.1) is 0 Å². The molecule has 0 bridgehead atoms. The number of aromatic hydroxyl groups is 1. The van der Waals surface area contributed by atoms with E-state index in [2.05, 4.69) is 15.4 Å². The fourth-order valence-electron chi connectivity index (χ4n) is 2.00. The molecule has 3 rings (SSSR count). The number of para-hydroxylation sites is 2. The van der Waals surface area contributed by atoms with Crippen molar-refractivity contribution in [2.24, 2.45) is 0 Å². The van der Waals surface area contributed by atoms with Crippen LogP contribution >= 0.6 is 11.6 Å². The number of nitrogen functional groups attached to an aromatic ring is 1. The molecule has 116 valence electrons. The van der Waals surface area contributed by atoms with Crippen molar-refractivity contribution in [2.45, 2.75) is 0 Å². The van der Waals surface area contributed by atoms with Gasteiger partial charge in [-0.2, -0.15) is 5.10 Å². The second-order valence-electron chi connectivity index (χ2n) is 4.66. The van der Waals surface area contributed by atoms with E-state index in [-0.39, 0.29) is 17.1 Å². The zero-order valence-corrected chi connectivity index (χ0v) is 12.5. The van der Waals surface area contributed by atoms with E-state index in [1.165, 1.54) is 23.1 Å². The van der Waals surface area contributed by atoms with Gasteiger partial charge in [-0.1, -0.05) is 23.7 Å². The van der Waals surface area contributed by atoms with E-state index in [1.807, 2.05) is 0 Å². The Labute approximate surface area is 136 Å². The molecule has 8 heteroatoms. The lowest BCUT2D eigenvalue weighted by molar-refractivity contribution is 0.102. The fourth-order valence-corrected chi connectivity index (χ4v) is 2.11. The average molecular weight is 330 g/mol. The lowest BCUT2D eigenvalue weighted by atomic mass is 10.2. The van der Waals surface area contributed by atoms with E-state index in [1.54, 1.807) is 30.3 Å². The molecule has 0 aliphatic rings. The molecule has 0 spiro atoms. The predicted molar refractivity (Wildman–Crippen MR) is 86.8 cm³/mol. The number of pyridine rings is 1. The number of carbonyl (C=O) groups is 1. The minimum absolute atomic E-state index is 0.00799. The van der Waals surface area contributed by atoms with Crippen molar-refractivity contribution in [1.29, 1.82) is 0 Å². The summed E-state index contributed by atoms with van der Waals surface area (Å²) in [6, 6.07) is 9.74. The molecular weight excluding hydrogens is 318 g/mol. The van der Waals surface area contributed by atoms with Crippen LogP contribution in [-0.4, -0.2) is 25.8 Å². The molecule has 7 nitrogen and oxygen atoms in total. The Kier molecular flexibility index (Phi) is 3.86. The molecule has 0 aliphatic heterocycles. The molecule has 23 heavy (non-hydrogen) atoms. The SMILES string of the molecule is Nc1c(C(=O)Nc2ccc(Cl)cn2)cnn1-c1ccccc1O. The zero-order valence-electron chi connectivity index (χ0n) is 11.8. The lowest BCUT2D eigenvalue weighted by Gasteiger charge is -2.07. The van der Waals surface area contributed by atoms with Crippen molar-refractivity contribution in [2.75, 3.05) is 11.1 Å². The highest BCUT2D eigenvalue weighted by atomic mass is 35.5. The summed E-state index contributed by atoms with van der Waals surface area (Å²) in [5.74, 6) is -0.000286. The van der Waals surface area contributed by atoms with Gasteiger partial charge in [0.1, 0.15) is 28.6 Å². The molecule has 1 amide bonds. The lowest BCUT2D eigenvalue weighted by Crippen LogP contribution is -2.14. The molecule has 0 aliphatic carbocycles. The summed E-state index contributed by atoms with van der Waals surface area (Å²) in [4.78, 5) is 16.3. The van der Waals surface area contributed by atoms with Crippen molar-refractivity contribution in [1.82, 2.24) is 14.8 Å². The first-order valence-corrected chi connectivity index (χ1v) is 6.99. The molecule has 1 aromatic carbocycles. The third-order valence-corrected chi connectivity index (χ3v) is 3.35. The Morgan fingerprint density at radius 1 is 1.22 bits per heavy atom. The van der Waals surface area contributed by atoms with Gasteiger partial charge in [0.15, 0.2) is 0 Å². The van der Waals surface area contributed by atoms with Crippen LogP contribution in [-0.2, 0) is 0 Å². The van der Waals surface area contributed by atoms with Crippen LogP contribution in [0.3, 0.4) is 0 Å². The maximum absolute atomic E-state index is 12.3. The number of nitrogens with zero attached hydrogens (tertiary/aromatic N) is 3. The van der Waals surface area contributed by atoms with Crippen LogP contribution in [0.1, 0.15) is 10.4 Å². The minimum atomic E-state index is -0.459. The van der Waals surface area contributed by atoms with E-state index in [9.17, 15) is 9.90 Å². The molecule has 0 fully saturated rings. The van der Waals surface area contributed by atoms with E-state index in [0.29, 0.717) is 16.5 Å². The fraction of sp³-hybridized carbons (Fsp3) is 0. The summed E-state index contributed by atoms with van der Waals surface area (Å²) in [6.45, 7) is 0. The monoisotopic (exact) mass is 329 g/mol. The van der Waals surface area contributed by atoms with E-state index >= 15 is 0 Å². The molecule has 2 heterocycles. The predicted octanol–water partition coefficient (Wildman–Crippen LogP) is 2.46. The van der Waals surface area contributed by atoms with Crippen LogP contribution in [0.25, 0.3) is 5.69 Å². The average Bonchev–Trinajstić information content (AvgIpc) is 2.92. The Balaban J connectivity index is 1.88. The van der Waals surface area contributed by atoms with Gasteiger partial charge in [-0.3, -0.25) is 4.79 Å². The molecule has 3 aromatic rings. The number of phenolic OH excluding ortho intramolecular Hbond substituents is 1. The molecule has 0 saturated heterocycles. The maximum atomic E-state index is 12.3. The van der Waals surface area contributed by atoms with Gasteiger partial charge in [-0.15, -0.1) is 0 Å². The van der Waals surface area contributed by atoms with Crippen LogP contribution in [0.2, 0.25) is 5.02 Å². The molecular formula is C15H12ClN5O2. The number of anilines is 2. The summed E-state index contributed by atoms with van der Waals surface area (Å²) in [6.07, 6.45) is 2.75. The Morgan fingerprint density at radius 2 is 2.00 bits per heavy atom. The molecule has 0 atom stereocenters. The number of halogens is 1. The van der Waals surface area contributed by atoms with Crippen LogP contribution in [0.15, 0.2) is 48.8 Å². The summed E-state index contributed by atoms with van der Waals surface area (Å²) in [7, 11) is 0. The normalized spacial score (nSPS) is 10.5. The maximum Gasteiger partial charge on any atom is 0.262 e. The second-order valence-corrected chi connectivity index (χ2v) is 5.10. The van der Waals surface area contributed by atoms with E-state index in [4.69, 9.17) is 17.3 Å². The van der Waals surface area contributed by atoms with Gasteiger partial charge in [0.25, 0.3) is 5.91 Å². The minimum Gasteiger partial charge on any atom is -0.506 e. The molecule has 2 aromatic heterocycles. The van der Waals surface area contributed by atoms with Gasteiger partial charge in [0.05, 0.1) is 11.2 Å². The van der Waals surface area contributed by atoms with Gasteiger partial charge in [0, 0.05) is 6.20 Å². The number of amides is 1. The number of phenols is 1. The smallest absolute Gasteiger partial charge is 0.262 e. The van der Waals surface area contributed by atoms with Gasteiger partial charge >= 0.3 is 0 Å². The first-order valence-electron chi connectivity index (χ1n) is 6.61. The largest absolute Gasteiger partial charge is 0.506 e. The number of carbonyl (C=O) groups excluding carboxylic acids is 1. The first-order chi connectivity index (χ1) is 11.1. The van der Waals surface area contributed by atoms with Crippen molar-refractivity contribution in [3.05, 3.63) is 59.4 Å². The van der Waals surface area contributed by atoms with Crippen molar-refractivity contribution < 1.29 is 9.90 Å². The van der Waals surface area contributed by atoms with Crippen LogP contribution in [0.4, 0.5) is 11.6 Å². The molecule has 4 N–H and O–H groups in total. The number of nitrogens with two attached hydrogens (primary N) is 1. The quantitative estimate of drug-likeness (QED) is 0.684. The summed E-state index contributed by atoms with van der Waals surface area (Å²) >= 11 is 5.74. The summed E-state index contributed by atoms with van der Waals surface area (Å²) in [5, 5.41) is 17.0. The number of benzene rings is 1. The number of hydrogen-bond donors (Lipinski definition) is 3. The third-order valence-electron chi connectivity index (χ3n) is 3.13. The second kappa shape index (κ2) is 5.98. The highest BCUT2D eigenvalue weighted by molar-refractivity contribution is 6.30. The Morgan fingerprint density at radius 3 is 2.70 bits per heavy atom. The standard InChI is InChI=1S/C15H12ClN5O2/c16-9-5-6-13(18-7-9)20-15(23)10-8-19-21(14(10)17)11-3-1-2-4-12(11)22/h1-8,22H,17H2,(H,18,20,23). The van der Waals surface area contributed by atoms with Crippen molar-refractivity contribution in [3.8, 4) is 11.4 Å². The molecule has 0 saturated carbocycles. The number of hydrogen-bond acceptors (Lipinski definition) is 5. The first kappa shape index (κ1) is 14.9. The van der Waals surface area contributed by atoms with E-state index < -0.39 is 5.91 Å². The third kappa shape index (κ3) is 2.95. The number of aromatic nitrogens is 3. The van der Waals surface area contributed by atoms with Crippen LogP contribution in [0.5, 0.6) is 5.75 Å². The number of nitrogens with one attached hydrogen (secondary N) is 1. The molecule has 0 unspecified atom stereocenters. The zero-order chi connectivity index (χ0) is 16.4. The topological polar surface area (TPSA) is 106 Å². The number of rotatable bonds is 3. The summed E-state index contributed by atoms with van der Waals surface area (Å²) < 4.78 is 1.29.